The van der Waals surface area contributed by atoms with Gasteiger partial charge in [0.2, 0.25) is 0 Å². The highest BCUT2D eigenvalue weighted by Crippen LogP contribution is 2.27. The number of likely N-dealkylation sites (N-methyl/N-ethyl adjacent to an activating group) is 1. The molecule has 0 aliphatic heterocycles. The molecular weight excluding hydrogens is 210 g/mol. The molecule has 0 saturated heterocycles. The SMILES string of the molecule is CCNC(C)COc1cc(C)ccc1C(C)C. The largest absolute Gasteiger partial charge is 0.492 e. The summed E-state index contributed by atoms with van der Waals surface area (Å²) in [5.41, 5.74) is 2.54. The molecule has 0 spiro atoms. The Morgan fingerprint density at radius 3 is 2.53 bits per heavy atom. The van der Waals surface area contributed by atoms with Crippen LogP contribution in [0.15, 0.2) is 18.2 Å². The lowest BCUT2D eigenvalue weighted by atomic mass is 10.0. The van der Waals surface area contributed by atoms with Crippen molar-refractivity contribution in [3.8, 4) is 5.75 Å². The van der Waals surface area contributed by atoms with Gasteiger partial charge in [0, 0.05) is 6.04 Å². The van der Waals surface area contributed by atoms with E-state index < -0.39 is 0 Å². The maximum atomic E-state index is 5.93. The Balaban J connectivity index is 2.71. The molecule has 0 bridgehead atoms. The molecule has 0 heterocycles. The van der Waals surface area contributed by atoms with Crippen molar-refractivity contribution in [2.24, 2.45) is 0 Å². The fraction of sp³-hybridized carbons (Fsp3) is 0.600. The molecule has 0 aliphatic carbocycles. The first-order chi connectivity index (χ1) is 8.04. The summed E-state index contributed by atoms with van der Waals surface area (Å²) in [6.45, 7) is 12.5. The van der Waals surface area contributed by atoms with Gasteiger partial charge in [-0.1, -0.05) is 32.9 Å². The summed E-state index contributed by atoms with van der Waals surface area (Å²) >= 11 is 0. The van der Waals surface area contributed by atoms with E-state index in [-0.39, 0.29) is 0 Å². The number of benzene rings is 1. The number of aryl methyl sites for hydroxylation is 1. The van der Waals surface area contributed by atoms with Crippen LogP contribution in [0.4, 0.5) is 0 Å². The van der Waals surface area contributed by atoms with Gasteiger partial charge in [0.05, 0.1) is 0 Å². The first-order valence-electron chi connectivity index (χ1n) is 6.51. The Morgan fingerprint density at radius 1 is 1.24 bits per heavy atom. The normalized spacial score (nSPS) is 12.8. The molecule has 1 aromatic carbocycles. The molecule has 1 aromatic rings. The first kappa shape index (κ1) is 14.0. The molecule has 1 N–H and O–H groups in total. The third-order valence-corrected chi connectivity index (χ3v) is 2.83. The summed E-state index contributed by atoms with van der Waals surface area (Å²) < 4.78 is 5.93. The molecule has 17 heavy (non-hydrogen) atoms. The van der Waals surface area contributed by atoms with Crippen molar-refractivity contribution >= 4 is 0 Å². The monoisotopic (exact) mass is 235 g/mol. The molecule has 0 aromatic heterocycles. The zero-order valence-electron chi connectivity index (χ0n) is 11.7. The van der Waals surface area contributed by atoms with E-state index >= 15 is 0 Å². The Labute approximate surface area is 105 Å². The van der Waals surface area contributed by atoms with E-state index in [1.54, 1.807) is 0 Å². The predicted molar refractivity (Wildman–Crippen MR) is 73.9 cm³/mol. The molecule has 0 fully saturated rings. The van der Waals surface area contributed by atoms with Crippen LogP contribution in [-0.2, 0) is 0 Å². The van der Waals surface area contributed by atoms with Crippen molar-refractivity contribution in [1.29, 1.82) is 0 Å². The second-order valence-corrected chi connectivity index (χ2v) is 4.97. The quantitative estimate of drug-likeness (QED) is 0.815. The molecule has 96 valence electrons. The highest BCUT2D eigenvalue weighted by atomic mass is 16.5. The number of nitrogens with one attached hydrogen (secondary N) is 1. The van der Waals surface area contributed by atoms with Crippen molar-refractivity contribution in [3.63, 3.8) is 0 Å². The molecule has 0 amide bonds. The van der Waals surface area contributed by atoms with Gasteiger partial charge in [0.15, 0.2) is 0 Å². The van der Waals surface area contributed by atoms with Gasteiger partial charge in [-0.05, 0) is 43.5 Å². The highest BCUT2D eigenvalue weighted by Gasteiger charge is 2.09. The van der Waals surface area contributed by atoms with Gasteiger partial charge in [-0.3, -0.25) is 0 Å². The zero-order valence-corrected chi connectivity index (χ0v) is 11.7. The summed E-state index contributed by atoms with van der Waals surface area (Å²) in [5, 5.41) is 3.35. The Hall–Kier alpha value is -1.02. The van der Waals surface area contributed by atoms with Crippen molar-refractivity contribution in [3.05, 3.63) is 29.3 Å². The van der Waals surface area contributed by atoms with Gasteiger partial charge < -0.3 is 10.1 Å². The summed E-state index contributed by atoms with van der Waals surface area (Å²) in [5.74, 6) is 1.53. The lowest BCUT2D eigenvalue weighted by Gasteiger charge is -2.18. The second-order valence-electron chi connectivity index (χ2n) is 4.97. The van der Waals surface area contributed by atoms with E-state index in [1.807, 2.05) is 0 Å². The minimum absolute atomic E-state index is 0.389. The lowest BCUT2D eigenvalue weighted by Crippen LogP contribution is -2.31. The number of hydrogen-bond donors (Lipinski definition) is 1. The van der Waals surface area contributed by atoms with Gasteiger partial charge in [-0.2, -0.15) is 0 Å². The van der Waals surface area contributed by atoms with E-state index in [2.05, 4.69) is 58.1 Å². The molecule has 0 saturated carbocycles. The van der Waals surface area contributed by atoms with Crippen LogP contribution in [0.2, 0.25) is 0 Å². The fourth-order valence-electron chi connectivity index (χ4n) is 1.87. The van der Waals surface area contributed by atoms with Crippen LogP contribution in [0.1, 0.15) is 44.7 Å². The number of hydrogen-bond acceptors (Lipinski definition) is 2. The number of ether oxygens (including phenoxy) is 1. The zero-order chi connectivity index (χ0) is 12.8. The average molecular weight is 235 g/mol. The van der Waals surface area contributed by atoms with E-state index in [1.165, 1.54) is 11.1 Å². The Morgan fingerprint density at radius 2 is 1.94 bits per heavy atom. The molecule has 0 radical (unpaired) electrons. The predicted octanol–water partition coefficient (Wildman–Crippen LogP) is 3.50. The summed E-state index contributed by atoms with van der Waals surface area (Å²) in [7, 11) is 0. The van der Waals surface area contributed by atoms with Gasteiger partial charge in [0.25, 0.3) is 0 Å². The Bertz CT molecular complexity index is 347. The molecule has 2 nitrogen and oxygen atoms in total. The third kappa shape index (κ3) is 4.39. The van der Waals surface area contributed by atoms with E-state index in [9.17, 15) is 0 Å². The van der Waals surface area contributed by atoms with Crippen LogP contribution in [0, 0.1) is 6.92 Å². The maximum absolute atomic E-state index is 5.93. The van der Waals surface area contributed by atoms with Crippen molar-refractivity contribution in [2.45, 2.75) is 46.6 Å². The minimum atomic E-state index is 0.389. The van der Waals surface area contributed by atoms with E-state index in [0.29, 0.717) is 12.0 Å². The van der Waals surface area contributed by atoms with Gasteiger partial charge >= 0.3 is 0 Å². The van der Waals surface area contributed by atoms with Crippen LogP contribution in [-0.4, -0.2) is 19.2 Å². The molecular formula is C15H25NO. The van der Waals surface area contributed by atoms with Gasteiger partial charge in [-0.15, -0.1) is 0 Å². The van der Waals surface area contributed by atoms with Gasteiger partial charge in [-0.25, -0.2) is 0 Å². The van der Waals surface area contributed by atoms with Crippen molar-refractivity contribution in [1.82, 2.24) is 5.32 Å². The highest BCUT2D eigenvalue weighted by molar-refractivity contribution is 5.39. The molecule has 1 atom stereocenters. The van der Waals surface area contributed by atoms with Crippen molar-refractivity contribution in [2.75, 3.05) is 13.2 Å². The summed E-state index contributed by atoms with van der Waals surface area (Å²) in [6.07, 6.45) is 0. The van der Waals surface area contributed by atoms with E-state index in [4.69, 9.17) is 4.74 Å². The maximum Gasteiger partial charge on any atom is 0.123 e. The fourth-order valence-corrected chi connectivity index (χ4v) is 1.87. The third-order valence-electron chi connectivity index (χ3n) is 2.83. The molecule has 0 aliphatic rings. The van der Waals surface area contributed by atoms with E-state index in [0.717, 1.165) is 18.9 Å². The van der Waals surface area contributed by atoms with Crippen LogP contribution < -0.4 is 10.1 Å². The van der Waals surface area contributed by atoms with Crippen LogP contribution >= 0.6 is 0 Å². The number of rotatable bonds is 6. The smallest absolute Gasteiger partial charge is 0.123 e. The topological polar surface area (TPSA) is 21.3 Å². The van der Waals surface area contributed by atoms with Crippen LogP contribution in [0.25, 0.3) is 0 Å². The average Bonchev–Trinajstić information content (AvgIpc) is 2.26. The first-order valence-corrected chi connectivity index (χ1v) is 6.51. The Kier molecular flexibility index (Phi) is 5.49. The molecule has 1 unspecified atom stereocenters. The standard InChI is InChI=1S/C15H25NO/c1-6-16-13(5)10-17-15-9-12(4)7-8-14(15)11(2)3/h7-9,11,13,16H,6,10H2,1-5H3. The van der Waals surface area contributed by atoms with Gasteiger partial charge in [0.1, 0.15) is 12.4 Å². The van der Waals surface area contributed by atoms with Crippen LogP contribution in [0.5, 0.6) is 5.75 Å². The second kappa shape index (κ2) is 6.65. The lowest BCUT2D eigenvalue weighted by molar-refractivity contribution is 0.272. The summed E-state index contributed by atoms with van der Waals surface area (Å²) in [4.78, 5) is 0. The molecule has 2 heteroatoms. The minimum Gasteiger partial charge on any atom is -0.492 e. The molecule has 1 rings (SSSR count). The van der Waals surface area contributed by atoms with Crippen LogP contribution in [0.3, 0.4) is 0 Å². The van der Waals surface area contributed by atoms with Crippen molar-refractivity contribution < 1.29 is 4.74 Å². The summed E-state index contributed by atoms with van der Waals surface area (Å²) in [6, 6.07) is 6.84.